The number of rotatable bonds is 12. The van der Waals surface area contributed by atoms with Gasteiger partial charge in [0.25, 0.3) is 0 Å². The Balaban J connectivity index is 5.34. The van der Waals surface area contributed by atoms with Crippen molar-refractivity contribution in [2.24, 2.45) is 17.6 Å². The molecule has 0 aromatic rings. The zero-order valence-electron chi connectivity index (χ0n) is 16.8. The van der Waals surface area contributed by atoms with Crippen molar-refractivity contribution >= 4 is 42.3 Å². The fourth-order valence-corrected chi connectivity index (χ4v) is 2.46. The number of hydrogen-bond acceptors (Lipinski definition) is 7. The van der Waals surface area contributed by atoms with Gasteiger partial charge in [-0.25, -0.2) is 4.79 Å². The molecule has 0 rings (SSSR count). The molecule has 29 heavy (non-hydrogen) atoms. The number of carbonyl (C=O) groups excluding carboxylic acids is 3. The number of carboxylic acid groups (broad SMARTS) is 2. The molecule has 0 spiro atoms. The van der Waals surface area contributed by atoms with E-state index in [1.807, 2.05) is 0 Å². The van der Waals surface area contributed by atoms with Crippen molar-refractivity contribution < 1.29 is 34.2 Å². The van der Waals surface area contributed by atoms with E-state index in [1.165, 1.54) is 0 Å². The third-order valence-electron chi connectivity index (χ3n) is 4.02. The number of carbonyl (C=O) groups is 5. The Morgan fingerprint density at radius 1 is 0.828 bits per heavy atom. The number of thiol groups is 1. The molecule has 0 aliphatic rings. The van der Waals surface area contributed by atoms with E-state index in [0.29, 0.717) is 0 Å². The second-order valence-corrected chi connectivity index (χ2v) is 7.61. The molecular weight excluding hydrogens is 404 g/mol. The minimum atomic E-state index is -1.65. The van der Waals surface area contributed by atoms with Crippen LogP contribution in [0.5, 0.6) is 0 Å². The average Bonchev–Trinajstić information content (AvgIpc) is 2.61. The second kappa shape index (κ2) is 12.3. The van der Waals surface area contributed by atoms with Gasteiger partial charge in [-0.2, -0.15) is 12.6 Å². The molecule has 0 aliphatic heterocycles. The Hall–Kier alpha value is -2.34. The Labute approximate surface area is 174 Å². The van der Waals surface area contributed by atoms with E-state index in [-0.39, 0.29) is 11.7 Å². The van der Waals surface area contributed by atoms with Crippen LogP contribution in [0.1, 0.15) is 34.1 Å². The van der Waals surface area contributed by atoms with Crippen molar-refractivity contribution in [1.29, 1.82) is 0 Å². The highest BCUT2D eigenvalue weighted by Gasteiger charge is 2.33. The van der Waals surface area contributed by atoms with Crippen molar-refractivity contribution in [2.45, 2.75) is 58.3 Å². The van der Waals surface area contributed by atoms with Crippen molar-refractivity contribution in [1.82, 2.24) is 16.0 Å². The number of nitrogens with one attached hydrogen (secondary N) is 3. The van der Waals surface area contributed by atoms with Crippen LogP contribution in [0.25, 0.3) is 0 Å². The first-order valence-electron chi connectivity index (χ1n) is 9.03. The summed E-state index contributed by atoms with van der Waals surface area (Å²) < 4.78 is 0. The van der Waals surface area contributed by atoms with Crippen molar-refractivity contribution in [3.63, 3.8) is 0 Å². The summed E-state index contributed by atoms with van der Waals surface area (Å²) in [6, 6.07) is -4.69. The first kappa shape index (κ1) is 26.7. The monoisotopic (exact) mass is 434 g/mol. The van der Waals surface area contributed by atoms with Crippen LogP contribution in [-0.2, 0) is 24.0 Å². The summed E-state index contributed by atoms with van der Waals surface area (Å²) in [5, 5.41) is 25.0. The van der Waals surface area contributed by atoms with Crippen molar-refractivity contribution in [3.8, 4) is 0 Å². The third-order valence-corrected chi connectivity index (χ3v) is 4.41. The molecule has 7 N–H and O–H groups in total. The summed E-state index contributed by atoms with van der Waals surface area (Å²) in [4.78, 5) is 59.1. The lowest BCUT2D eigenvalue weighted by Gasteiger charge is -2.28. The van der Waals surface area contributed by atoms with Gasteiger partial charge in [-0.15, -0.1) is 0 Å². The summed E-state index contributed by atoms with van der Waals surface area (Å²) in [5.74, 6) is -5.68. The minimum Gasteiger partial charge on any atom is -0.481 e. The smallest absolute Gasteiger partial charge is 0.326 e. The van der Waals surface area contributed by atoms with E-state index in [1.54, 1.807) is 27.7 Å². The highest BCUT2D eigenvalue weighted by Crippen LogP contribution is 2.08. The van der Waals surface area contributed by atoms with Gasteiger partial charge in [0.2, 0.25) is 17.7 Å². The molecule has 0 saturated heterocycles. The van der Waals surface area contributed by atoms with Crippen LogP contribution in [0, 0.1) is 11.8 Å². The normalized spacial score (nSPS) is 15.2. The van der Waals surface area contributed by atoms with Crippen LogP contribution in [0.15, 0.2) is 0 Å². The maximum absolute atomic E-state index is 12.7. The molecule has 4 atom stereocenters. The van der Waals surface area contributed by atoms with Gasteiger partial charge in [0.05, 0.1) is 12.5 Å². The summed E-state index contributed by atoms with van der Waals surface area (Å²) in [6.07, 6.45) is -0.813. The number of aliphatic carboxylic acids is 2. The maximum atomic E-state index is 12.7. The Bertz CT molecular complexity index is 627. The Kier molecular flexibility index (Phi) is 11.3. The highest BCUT2D eigenvalue weighted by atomic mass is 32.1. The molecule has 0 heterocycles. The maximum Gasteiger partial charge on any atom is 0.326 e. The Morgan fingerprint density at radius 2 is 1.24 bits per heavy atom. The Morgan fingerprint density at radius 3 is 1.59 bits per heavy atom. The summed E-state index contributed by atoms with van der Waals surface area (Å²) >= 11 is 3.93. The van der Waals surface area contributed by atoms with Gasteiger partial charge >= 0.3 is 11.9 Å². The van der Waals surface area contributed by atoms with Gasteiger partial charge in [-0.1, -0.05) is 27.7 Å². The first-order valence-corrected chi connectivity index (χ1v) is 9.67. The minimum absolute atomic E-state index is 0.0788. The van der Waals surface area contributed by atoms with Crippen LogP contribution in [0.4, 0.5) is 0 Å². The van der Waals surface area contributed by atoms with Gasteiger partial charge in [-0.05, 0) is 11.8 Å². The SMILES string of the molecule is CC(C)C(NC(=O)C(N)CS)C(=O)NC(C(=O)NC(CC(=O)O)C(=O)O)C(C)C. The molecule has 0 aromatic heterocycles. The summed E-state index contributed by atoms with van der Waals surface area (Å²) in [7, 11) is 0. The lowest BCUT2D eigenvalue weighted by molar-refractivity contribution is -0.147. The molecule has 0 radical (unpaired) electrons. The van der Waals surface area contributed by atoms with E-state index in [9.17, 15) is 24.0 Å². The number of carboxylic acids is 2. The predicted octanol–water partition coefficient (Wildman–Crippen LogP) is -1.43. The topological polar surface area (TPSA) is 188 Å². The van der Waals surface area contributed by atoms with E-state index >= 15 is 0 Å². The molecule has 0 bridgehead atoms. The van der Waals surface area contributed by atoms with Gasteiger partial charge < -0.3 is 31.9 Å². The first-order chi connectivity index (χ1) is 13.3. The molecule has 0 saturated carbocycles. The van der Waals surface area contributed by atoms with Crippen LogP contribution >= 0.6 is 12.6 Å². The highest BCUT2D eigenvalue weighted by molar-refractivity contribution is 7.80. The summed E-state index contributed by atoms with van der Waals surface area (Å²) in [6.45, 7) is 6.62. The van der Waals surface area contributed by atoms with E-state index in [4.69, 9.17) is 15.9 Å². The van der Waals surface area contributed by atoms with Crippen LogP contribution in [-0.4, -0.2) is 69.8 Å². The average molecular weight is 435 g/mol. The standard InChI is InChI=1S/C17H30N4O7S/c1-7(2)12(15(25)19-10(17(27)28)5-11(22)23)21-16(26)13(8(3)4)20-14(24)9(18)6-29/h7-10,12-13,29H,5-6,18H2,1-4H3,(H,19,25)(H,20,24)(H,21,26)(H,22,23)(H,27,28). The molecule has 0 fully saturated rings. The van der Waals surface area contributed by atoms with Gasteiger partial charge in [0, 0.05) is 5.75 Å². The van der Waals surface area contributed by atoms with Gasteiger partial charge in [0.1, 0.15) is 18.1 Å². The third kappa shape index (κ3) is 9.13. The van der Waals surface area contributed by atoms with E-state index in [0.717, 1.165) is 0 Å². The van der Waals surface area contributed by atoms with Crippen LogP contribution in [0.3, 0.4) is 0 Å². The van der Waals surface area contributed by atoms with E-state index in [2.05, 4.69) is 28.6 Å². The zero-order valence-corrected chi connectivity index (χ0v) is 17.7. The fraction of sp³-hybridized carbons (Fsp3) is 0.706. The molecule has 166 valence electrons. The van der Waals surface area contributed by atoms with Gasteiger partial charge in [-0.3, -0.25) is 19.2 Å². The van der Waals surface area contributed by atoms with Gasteiger partial charge in [0.15, 0.2) is 0 Å². The van der Waals surface area contributed by atoms with Crippen molar-refractivity contribution in [3.05, 3.63) is 0 Å². The second-order valence-electron chi connectivity index (χ2n) is 7.25. The largest absolute Gasteiger partial charge is 0.481 e. The fourth-order valence-electron chi connectivity index (χ4n) is 2.29. The molecule has 3 amide bonds. The predicted molar refractivity (Wildman–Crippen MR) is 107 cm³/mol. The molecular formula is C17H30N4O7S. The molecule has 0 aromatic carbocycles. The zero-order chi connectivity index (χ0) is 22.9. The van der Waals surface area contributed by atoms with Crippen LogP contribution in [0.2, 0.25) is 0 Å². The number of amides is 3. The van der Waals surface area contributed by atoms with E-state index < -0.39 is 66.2 Å². The van der Waals surface area contributed by atoms with Crippen LogP contribution < -0.4 is 21.7 Å². The molecule has 4 unspecified atom stereocenters. The quantitative estimate of drug-likeness (QED) is 0.182. The molecule has 11 nitrogen and oxygen atoms in total. The number of hydrogen-bond donors (Lipinski definition) is 7. The molecule has 12 heteroatoms. The lowest BCUT2D eigenvalue weighted by Crippen LogP contribution is -2.59. The van der Waals surface area contributed by atoms with Crippen molar-refractivity contribution in [2.75, 3.05) is 5.75 Å². The number of nitrogens with two attached hydrogens (primary N) is 1. The molecule has 0 aliphatic carbocycles. The summed E-state index contributed by atoms with van der Waals surface area (Å²) in [5.41, 5.74) is 5.60. The lowest BCUT2D eigenvalue weighted by atomic mass is 9.99.